The molecule has 7 heteroatoms. The molecular formula is C12H18CaO6. The number of carbonyl (C=O) groups excluding carboxylic acids is 1. The van der Waals surface area contributed by atoms with Crippen LogP contribution in [0.5, 0.6) is 0 Å². The van der Waals surface area contributed by atoms with Crippen LogP contribution in [0.2, 0.25) is 0 Å². The molecule has 5 N–H and O–H groups in total. The molecule has 1 rings (SSSR count). The average Bonchev–Trinajstić information content (AvgIpc) is 2.28. The molecule has 6 nitrogen and oxygen atoms in total. The molecular weight excluding hydrogens is 280 g/mol. The second-order valence-electron chi connectivity index (χ2n) is 3.51. The van der Waals surface area contributed by atoms with Crippen LogP contribution in [0.25, 0.3) is 0 Å². The number of ether oxygens (including phenoxy) is 1. The summed E-state index contributed by atoms with van der Waals surface area (Å²) in [6.45, 7) is 0. The topological polar surface area (TPSA) is 127 Å². The van der Waals surface area contributed by atoms with Crippen LogP contribution in [-0.2, 0) is 20.7 Å². The first-order valence-corrected chi connectivity index (χ1v) is 4.97. The van der Waals surface area contributed by atoms with Gasteiger partial charge in [0.15, 0.2) is 0 Å². The second-order valence-corrected chi connectivity index (χ2v) is 3.51. The molecule has 0 heterocycles. The summed E-state index contributed by atoms with van der Waals surface area (Å²) in [6.07, 6.45) is 0.182. The summed E-state index contributed by atoms with van der Waals surface area (Å²) in [4.78, 5) is 22.0. The number of hydrogen-bond donors (Lipinski definition) is 1. The van der Waals surface area contributed by atoms with Crippen LogP contribution in [0.1, 0.15) is 12.0 Å². The third-order valence-electron chi connectivity index (χ3n) is 2.28. The molecule has 1 aromatic carbocycles. The summed E-state index contributed by atoms with van der Waals surface area (Å²) >= 11 is 0. The van der Waals surface area contributed by atoms with E-state index in [4.69, 9.17) is 5.11 Å². The first-order valence-electron chi connectivity index (χ1n) is 4.97. The van der Waals surface area contributed by atoms with Gasteiger partial charge in [-0.25, -0.2) is 0 Å². The quantitative estimate of drug-likeness (QED) is 0.578. The van der Waals surface area contributed by atoms with Gasteiger partial charge in [0.05, 0.1) is 19.4 Å². The molecule has 0 fully saturated rings. The predicted molar refractivity (Wildman–Crippen MR) is 70.9 cm³/mol. The number of methoxy groups -OCH3 is 1. The minimum atomic E-state index is -0.994. The van der Waals surface area contributed by atoms with Gasteiger partial charge in [0.25, 0.3) is 0 Å². The molecule has 0 saturated heterocycles. The zero-order valence-corrected chi connectivity index (χ0v) is 13.0. The van der Waals surface area contributed by atoms with Crippen LogP contribution in [0.3, 0.4) is 0 Å². The van der Waals surface area contributed by atoms with E-state index in [0.29, 0.717) is 6.42 Å². The van der Waals surface area contributed by atoms with Crippen LogP contribution in [0.4, 0.5) is 0 Å². The van der Waals surface area contributed by atoms with Crippen molar-refractivity contribution in [1.29, 1.82) is 0 Å². The fraction of sp³-hybridized carbons (Fsp3) is 0.333. The van der Waals surface area contributed by atoms with E-state index in [2.05, 4.69) is 4.74 Å². The molecule has 0 amide bonds. The standard InChI is InChI=1S/C12H14O4.Ca.2H2O/c1-16-12(15)10(8-11(13)14)7-9-5-3-2-4-6-9;;;/h2-6,10H,7-8H2,1H3,(H,13,14);;2*1H2/t10-;;;/m0.../s1. The maximum absolute atomic E-state index is 11.4. The number of carboxylic acids is 1. The minimum Gasteiger partial charge on any atom is -0.481 e. The Morgan fingerprint density at radius 2 is 1.74 bits per heavy atom. The summed E-state index contributed by atoms with van der Waals surface area (Å²) in [6, 6.07) is 9.29. The third-order valence-corrected chi connectivity index (χ3v) is 2.28. The fourth-order valence-corrected chi connectivity index (χ4v) is 1.51. The molecule has 0 bridgehead atoms. The van der Waals surface area contributed by atoms with Crippen molar-refractivity contribution in [3.8, 4) is 0 Å². The molecule has 104 valence electrons. The van der Waals surface area contributed by atoms with Gasteiger partial charge in [-0.2, -0.15) is 0 Å². The summed E-state index contributed by atoms with van der Waals surface area (Å²) in [5.41, 5.74) is 0.930. The summed E-state index contributed by atoms with van der Waals surface area (Å²) < 4.78 is 4.58. The van der Waals surface area contributed by atoms with Gasteiger partial charge < -0.3 is 20.8 Å². The number of carboxylic acid groups (broad SMARTS) is 1. The van der Waals surface area contributed by atoms with Crippen molar-refractivity contribution in [2.75, 3.05) is 7.11 Å². The summed E-state index contributed by atoms with van der Waals surface area (Å²) in [5, 5.41) is 8.70. The van der Waals surface area contributed by atoms with Crippen molar-refractivity contribution in [3.05, 3.63) is 35.9 Å². The molecule has 0 spiro atoms. The molecule has 19 heavy (non-hydrogen) atoms. The maximum Gasteiger partial charge on any atom is 0.309 e. The van der Waals surface area contributed by atoms with E-state index in [1.54, 1.807) is 0 Å². The normalized spacial score (nSPS) is 9.95. The number of benzene rings is 1. The molecule has 2 radical (unpaired) electrons. The Morgan fingerprint density at radius 3 is 2.16 bits per heavy atom. The van der Waals surface area contributed by atoms with Crippen LogP contribution in [-0.4, -0.2) is 72.8 Å². The SMILES string of the molecule is COC(=O)[C@H](CC(=O)O)Cc1ccccc1.O.O.[Ca]. The Morgan fingerprint density at radius 1 is 1.21 bits per heavy atom. The monoisotopic (exact) mass is 298 g/mol. The van der Waals surface area contributed by atoms with E-state index in [1.165, 1.54) is 7.11 Å². The molecule has 0 aliphatic rings. The predicted octanol–water partition coefficient (Wildman–Crippen LogP) is -0.537. The van der Waals surface area contributed by atoms with Gasteiger partial charge in [-0.1, -0.05) is 30.3 Å². The van der Waals surface area contributed by atoms with Crippen molar-refractivity contribution >= 4 is 49.7 Å². The van der Waals surface area contributed by atoms with Crippen molar-refractivity contribution in [2.45, 2.75) is 12.8 Å². The van der Waals surface area contributed by atoms with E-state index in [-0.39, 0.29) is 55.1 Å². The van der Waals surface area contributed by atoms with Gasteiger partial charge in [-0.15, -0.1) is 0 Å². The molecule has 1 atom stereocenters. The molecule has 0 unspecified atom stereocenters. The molecule has 0 aromatic heterocycles. The van der Waals surface area contributed by atoms with E-state index in [0.717, 1.165) is 5.56 Å². The summed E-state index contributed by atoms with van der Waals surface area (Å²) in [5.74, 6) is -2.09. The number of rotatable bonds is 5. The van der Waals surface area contributed by atoms with Crippen LogP contribution in [0.15, 0.2) is 30.3 Å². The van der Waals surface area contributed by atoms with E-state index < -0.39 is 17.9 Å². The second kappa shape index (κ2) is 12.4. The van der Waals surface area contributed by atoms with Gasteiger partial charge in [-0.05, 0) is 12.0 Å². The van der Waals surface area contributed by atoms with Gasteiger partial charge >= 0.3 is 11.9 Å². The molecule has 0 aliphatic carbocycles. The Balaban J connectivity index is -0.000000853. The first kappa shape index (κ1) is 23.4. The molecule has 0 saturated carbocycles. The minimum absolute atomic E-state index is 0. The largest absolute Gasteiger partial charge is 0.481 e. The van der Waals surface area contributed by atoms with Crippen LogP contribution in [0, 0.1) is 5.92 Å². The van der Waals surface area contributed by atoms with Crippen molar-refractivity contribution < 1.29 is 30.4 Å². The van der Waals surface area contributed by atoms with Gasteiger partial charge in [-0.3, -0.25) is 9.59 Å². The summed E-state index contributed by atoms with van der Waals surface area (Å²) in [7, 11) is 1.27. The maximum atomic E-state index is 11.4. The Labute approximate surface area is 141 Å². The molecule has 0 aliphatic heterocycles. The van der Waals surface area contributed by atoms with Crippen molar-refractivity contribution in [2.24, 2.45) is 5.92 Å². The van der Waals surface area contributed by atoms with Crippen LogP contribution >= 0.6 is 0 Å². The van der Waals surface area contributed by atoms with E-state index in [9.17, 15) is 9.59 Å². The van der Waals surface area contributed by atoms with Crippen molar-refractivity contribution in [1.82, 2.24) is 0 Å². The average molecular weight is 298 g/mol. The number of carbonyl (C=O) groups is 2. The smallest absolute Gasteiger partial charge is 0.309 e. The van der Waals surface area contributed by atoms with Crippen LogP contribution < -0.4 is 0 Å². The number of esters is 1. The fourth-order valence-electron chi connectivity index (χ4n) is 1.51. The zero-order valence-electron chi connectivity index (χ0n) is 10.8. The Bertz CT molecular complexity index is 368. The zero-order chi connectivity index (χ0) is 12.0. The first-order chi connectivity index (χ1) is 7.63. The Kier molecular flexibility index (Phi) is 15.3. The van der Waals surface area contributed by atoms with E-state index in [1.807, 2.05) is 30.3 Å². The van der Waals surface area contributed by atoms with Gasteiger partial charge in [0.1, 0.15) is 0 Å². The Hall–Kier alpha value is -0.660. The van der Waals surface area contributed by atoms with Crippen molar-refractivity contribution in [3.63, 3.8) is 0 Å². The third kappa shape index (κ3) is 8.96. The number of hydrogen-bond acceptors (Lipinski definition) is 3. The molecule has 1 aromatic rings. The number of aliphatic carboxylic acids is 1. The van der Waals surface area contributed by atoms with Gasteiger partial charge in [0, 0.05) is 37.7 Å². The van der Waals surface area contributed by atoms with Gasteiger partial charge in [0.2, 0.25) is 0 Å². The van der Waals surface area contributed by atoms with E-state index >= 15 is 0 Å².